The van der Waals surface area contributed by atoms with Crippen LogP contribution >= 0.6 is 23.2 Å². The summed E-state index contributed by atoms with van der Waals surface area (Å²) in [6.07, 6.45) is 3.79. The molecular formula is C20H23Cl2N5O2. The van der Waals surface area contributed by atoms with Crippen molar-refractivity contribution in [3.8, 4) is 17.2 Å². The van der Waals surface area contributed by atoms with Crippen molar-refractivity contribution >= 4 is 34.8 Å². The summed E-state index contributed by atoms with van der Waals surface area (Å²) in [4.78, 5) is 21.2. The number of para-hydroxylation sites is 1. The minimum absolute atomic E-state index is 0.0892. The molecule has 3 rings (SSSR count). The predicted molar refractivity (Wildman–Crippen MR) is 114 cm³/mol. The summed E-state index contributed by atoms with van der Waals surface area (Å²) in [5.41, 5.74) is 2.39. The van der Waals surface area contributed by atoms with Gasteiger partial charge < -0.3 is 9.84 Å². The highest BCUT2D eigenvalue weighted by Crippen LogP contribution is 2.33. The second-order valence-corrected chi connectivity index (χ2v) is 7.61. The van der Waals surface area contributed by atoms with Gasteiger partial charge in [-0.2, -0.15) is 4.98 Å². The van der Waals surface area contributed by atoms with Crippen LogP contribution in [0.4, 0.5) is 5.69 Å². The van der Waals surface area contributed by atoms with Gasteiger partial charge in [0, 0.05) is 12.3 Å². The third-order valence-electron chi connectivity index (χ3n) is 4.41. The molecule has 0 unspecified atom stereocenters. The Balaban J connectivity index is 2.02. The molecule has 3 aromatic rings. The molecule has 0 saturated carbocycles. The number of aromatic nitrogens is 4. The highest BCUT2D eigenvalue weighted by Gasteiger charge is 2.21. The molecule has 0 aliphatic carbocycles. The second kappa shape index (κ2) is 9.41. The van der Waals surface area contributed by atoms with Crippen molar-refractivity contribution in [3.05, 3.63) is 41.1 Å². The van der Waals surface area contributed by atoms with Crippen molar-refractivity contribution in [2.75, 3.05) is 5.32 Å². The lowest BCUT2D eigenvalue weighted by molar-refractivity contribution is -0.116. The SMILES string of the molecule is CCCCC(=O)Nc1c(Cl)cccc1-n1cnc(-c2noc(C(C)C)n2)c1CCl. The van der Waals surface area contributed by atoms with Gasteiger partial charge in [-0.1, -0.05) is 50.0 Å². The summed E-state index contributed by atoms with van der Waals surface area (Å²) in [5, 5.41) is 7.38. The van der Waals surface area contributed by atoms with Crippen LogP contribution in [0.1, 0.15) is 57.5 Å². The molecule has 0 aliphatic rings. The third kappa shape index (κ3) is 4.62. The summed E-state index contributed by atoms with van der Waals surface area (Å²) in [6.45, 7) is 5.98. The first kappa shape index (κ1) is 21.3. The summed E-state index contributed by atoms with van der Waals surface area (Å²) in [5.74, 6) is 1.08. The Kier molecular flexibility index (Phi) is 6.92. The topological polar surface area (TPSA) is 85.8 Å². The number of nitrogens with one attached hydrogen (secondary N) is 1. The zero-order chi connectivity index (χ0) is 21.0. The van der Waals surface area contributed by atoms with E-state index in [1.54, 1.807) is 17.0 Å². The molecule has 2 aromatic heterocycles. The van der Waals surface area contributed by atoms with Crippen LogP contribution in [0.2, 0.25) is 5.02 Å². The average Bonchev–Trinajstić information content (AvgIpc) is 3.34. The molecular weight excluding hydrogens is 413 g/mol. The normalized spacial score (nSPS) is 11.2. The number of benzene rings is 1. The van der Waals surface area contributed by atoms with Crippen LogP contribution < -0.4 is 5.32 Å². The number of rotatable bonds is 8. The van der Waals surface area contributed by atoms with E-state index in [1.165, 1.54) is 0 Å². The quantitative estimate of drug-likeness (QED) is 0.467. The molecule has 0 radical (unpaired) electrons. The molecule has 2 heterocycles. The van der Waals surface area contributed by atoms with Gasteiger partial charge in [0.2, 0.25) is 17.6 Å². The molecule has 0 fully saturated rings. The molecule has 1 aromatic carbocycles. The van der Waals surface area contributed by atoms with E-state index in [0.29, 0.717) is 45.9 Å². The number of hydrogen-bond acceptors (Lipinski definition) is 5. The lowest BCUT2D eigenvalue weighted by atomic mass is 10.2. The van der Waals surface area contributed by atoms with Gasteiger partial charge in [-0.15, -0.1) is 11.6 Å². The van der Waals surface area contributed by atoms with Gasteiger partial charge in [0.05, 0.1) is 28.0 Å². The number of imidazole rings is 1. The summed E-state index contributed by atoms with van der Waals surface area (Å²) in [6, 6.07) is 5.38. The zero-order valence-electron chi connectivity index (χ0n) is 16.6. The molecule has 29 heavy (non-hydrogen) atoms. The predicted octanol–water partition coefficient (Wildman–Crippen LogP) is 5.57. The van der Waals surface area contributed by atoms with Crippen LogP contribution in [-0.4, -0.2) is 25.6 Å². The van der Waals surface area contributed by atoms with Crippen molar-refractivity contribution in [1.29, 1.82) is 0 Å². The van der Waals surface area contributed by atoms with E-state index in [2.05, 4.69) is 20.4 Å². The van der Waals surface area contributed by atoms with E-state index in [0.717, 1.165) is 12.8 Å². The largest absolute Gasteiger partial charge is 0.339 e. The van der Waals surface area contributed by atoms with E-state index in [-0.39, 0.29) is 17.7 Å². The van der Waals surface area contributed by atoms with Gasteiger partial charge in [0.1, 0.15) is 12.0 Å². The average molecular weight is 436 g/mol. The number of anilines is 1. The van der Waals surface area contributed by atoms with E-state index in [9.17, 15) is 4.79 Å². The van der Waals surface area contributed by atoms with Crippen LogP contribution in [-0.2, 0) is 10.7 Å². The molecule has 0 atom stereocenters. The third-order valence-corrected chi connectivity index (χ3v) is 4.98. The maximum atomic E-state index is 12.3. The number of carbonyl (C=O) groups is 1. The van der Waals surface area contributed by atoms with Crippen LogP contribution in [0.3, 0.4) is 0 Å². The number of carbonyl (C=O) groups excluding carboxylic acids is 1. The molecule has 0 aliphatic heterocycles. The standard InChI is InChI=1S/C20H23Cl2N5O2/c1-4-5-9-16(28)24-17-13(22)7-6-8-14(17)27-11-23-18(15(27)10-21)19-25-20(12(2)3)29-26-19/h6-8,11-12H,4-5,9-10H2,1-3H3,(H,24,28). The molecule has 154 valence electrons. The lowest BCUT2D eigenvalue weighted by Crippen LogP contribution is -2.14. The first-order chi connectivity index (χ1) is 14.0. The van der Waals surface area contributed by atoms with Crippen molar-refractivity contribution in [1.82, 2.24) is 19.7 Å². The number of halogens is 2. The van der Waals surface area contributed by atoms with Gasteiger partial charge in [-0.25, -0.2) is 4.98 Å². The zero-order valence-corrected chi connectivity index (χ0v) is 18.1. The Morgan fingerprint density at radius 1 is 1.34 bits per heavy atom. The second-order valence-electron chi connectivity index (χ2n) is 6.94. The fourth-order valence-electron chi connectivity index (χ4n) is 2.84. The van der Waals surface area contributed by atoms with Crippen LogP contribution in [0.15, 0.2) is 29.0 Å². The summed E-state index contributed by atoms with van der Waals surface area (Å²) < 4.78 is 7.08. The Hall–Kier alpha value is -2.38. The number of hydrogen-bond donors (Lipinski definition) is 1. The molecule has 0 saturated heterocycles. The minimum atomic E-state index is -0.0892. The van der Waals surface area contributed by atoms with Gasteiger partial charge in [0.15, 0.2) is 0 Å². The first-order valence-electron chi connectivity index (χ1n) is 9.51. The smallest absolute Gasteiger partial charge is 0.229 e. The van der Waals surface area contributed by atoms with Crippen molar-refractivity contribution < 1.29 is 9.32 Å². The Morgan fingerprint density at radius 3 is 2.79 bits per heavy atom. The summed E-state index contributed by atoms with van der Waals surface area (Å²) in [7, 11) is 0. The Labute approximate surface area is 179 Å². The van der Waals surface area contributed by atoms with Crippen molar-refractivity contribution in [3.63, 3.8) is 0 Å². The Bertz CT molecular complexity index is 997. The van der Waals surface area contributed by atoms with Gasteiger partial charge >= 0.3 is 0 Å². The number of amides is 1. The Morgan fingerprint density at radius 2 is 2.14 bits per heavy atom. The van der Waals surface area contributed by atoms with Crippen molar-refractivity contribution in [2.24, 2.45) is 0 Å². The fourth-order valence-corrected chi connectivity index (χ4v) is 3.31. The van der Waals surface area contributed by atoms with E-state index >= 15 is 0 Å². The van der Waals surface area contributed by atoms with E-state index in [4.69, 9.17) is 27.7 Å². The van der Waals surface area contributed by atoms with E-state index < -0.39 is 0 Å². The van der Waals surface area contributed by atoms with Gasteiger partial charge in [0.25, 0.3) is 0 Å². The maximum Gasteiger partial charge on any atom is 0.229 e. The molecule has 1 amide bonds. The molecule has 0 spiro atoms. The van der Waals surface area contributed by atoms with Gasteiger partial charge in [-0.05, 0) is 18.6 Å². The molecule has 0 bridgehead atoms. The summed E-state index contributed by atoms with van der Waals surface area (Å²) >= 11 is 12.6. The minimum Gasteiger partial charge on any atom is -0.339 e. The van der Waals surface area contributed by atoms with Crippen LogP contribution in [0.25, 0.3) is 17.2 Å². The van der Waals surface area contributed by atoms with Crippen LogP contribution in [0, 0.1) is 0 Å². The van der Waals surface area contributed by atoms with Gasteiger partial charge in [-0.3, -0.25) is 9.36 Å². The highest BCUT2D eigenvalue weighted by molar-refractivity contribution is 6.34. The maximum absolute atomic E-state index is 12.3. The van der Waals surface area contributed by atoms with Crippen LogP contribution in [0.5, 0.6) is 0 Å². The number of alkyl halides is 1. The molecule has 9 heteroatoms. The molecule has 7 nitrogen and oxygen atoms in total. The van der Waals surface area contributed by atoms with E-state index in [1.807, 2.05) is 32.9 Å². The molecule has 1 N–H and O–H groups in total. The number of unbranched alkanes of at least 4 members (excludes halogenated alkanes) is 1. The monoisotopic (exact) mass is 435 g/mol. The lowest BCUT2D eigenvalue weighted by Gasteiger charge is -2.15. The number of nitrogens with zero attached hydrogens (tertiary/aromatic N) is 4. The highest BCUT2D eigenvalue weighted by atomic mass is 35.5. The fraction of sp³-hybridized carbons (Fsp3) is 0.400. The van der Waals surface area contributed by atoms with Crippen molar-refractivity contribution in [2.45, 2.75) is 51.8 Å². The first-order valence-corrected chi connectivity index (χ1v) is 10.4.